The molecule has 0 aromatic heterocycles. The van der Waals surface area contributed by atoms with Crippen LogP contribution >= 0.6 is 37.2 Å². The maximum absolute atomic E-state index is 4.89. The summed E-state index contributed by atoms with van der Waals surface area (Å²) in [6.45, 7) is 4.80. The Kier molecular flexibility index (Phi) is 24.8. The van der Waals surface area contributed by atoms with E-state index < -0.39 is 42.1 Å². The van der Waals surface area contributed by atoms with Crippen molar-refractivity contribution in [2.24, 2.45) is 0 Å². The Balaban J connectivity index is 0.000000405. The molecule has 0 amide bonds. The first kappa shape index (κ1) is 31.8. The zero-order valence-electron chi connectivity index (χ0n) is 16.4. The Hall–Kier alpha value is 2.81. The van der Waals surface area contributed by atoms with Crippen molar-refractivity contribution < 1.29 is 34.1 Å². The minimum atomic E-state index is -1.35. The van der Waals surface area contributed by atoms with Gasteiger partial charge in [0.05, 0.1) is 8.07 Å². The molecule has 4 fully saturated rings. The normalized spacial score (nSPS) is 21.4. The van der Waals surface area contributed by atoms with Crippen LogP contribution in [0.15, 0.2) is 0 Å². The molecule has 20 radical (unpaired) electrons. The summed E-state index contributed by atoms with van der Waals surface area (Å²) in [6, 6.07) is 0. The molecule has 0 bridgehead atoms. The predicted molar refractivity (Wildman–Crippen MR) is 125 cm³/mol. The van der Waals surface area contributed by atoms with Crippen molar-refractivity contribution in [2.45, 2.75) is 13.1 Å². The van der Waals surface area contributed by atoms with Crippen molar-refractivity contribution in [1.82, 2.24) is 0 Å². The van der Waals surface area contributed by atoms with Crippen molar-refractivity contribution in [3.8, 4) is 0 Å². The van der Waals surface area contributed by atoms with E-state index in [0.29, 0.717) is 0 Å². The molecule has 7 heteroatoms. The molecule has 4 rings (SSSR count). The number of rotatable bonds is 2. The summed E-state index contributed by atoms with van der Waals surface area (Å²) >= 11 is -1.11. The molecule has 152 valence electrons. The van der Waals surface area contributed by atoms with E-state index in [4.69, 9.17) is 37.2 Å². The van der Waals surface area contributed by atoms with E-state index in [0.717, 1.165) is 0 Å². The second-order valence-corrected chi connectivity index (χ2v) is 15.6. The van der Waals surface area contributed by atoms with Gasteiger partial charge in [0, 0.05) is 0 Å². The average molecular weight is 554 g/mol. The van der Waals surface area contributed by atoms with E-state index in [1.165, 1.54) is 11.1 Å². The number of hydrogen-bond donors (Lipinski definition) is 0. The van der Waals surface area contributed by atoms with Crippen LogP contribution in [0.5, 0.6) is 0 Å². The van der Waals surface area contributed by atoms with Crippen LogP contribution in [0.2, 0.25) is 13.1 Å². The van der Waals surface area contributed by atoms with Crippen molar-refractivity contribution >= 4 is 45.3 Å². The van der Waals surface area contributed by atoms with Crippen LogP contribution < -0.4 is 0 Å². The molecular weight excluding hydrogens is 530 g/mol. The molecule has 0 atom stereocenters. The van der Waals surface area contributed by atoms with Crippen LogP contribution in [0, 0.1) is 127 Å². The molecule has 0 unspecified atom stereocenters. The van der Waals surface area contributed by atoms with E-state index in [2.05, 4.69) is 64.5 Å². The molecule has 0 nitrogen and oxygen atoms in total. The topological polar surface area (TPSA) is 0 Å². The Morgan fingerprint density at radius 1 is 0.448 bits per heavy atom. The Bertz CT molecular complexity index is 284. The van der Waals surface area contributed by atoms with E-state index in [9.17, 15) is 0 Å². The van der Waals surface area contributed by atoms with Gasteiger partial charge in [0.2, 0.25) is 0 Å². The van der Waals surface area contributed by atoms with E-state index in [1.54, 1.807) is 0 Å². The Morgan fingerprint density at radius 3 is 0.793 bits per heavy atom. The molecule has 0 spiro atoms. The molecule has 0 aliphatic heterocycles. The molecule has 0 heterocycles. The van der Waals surface area contributed by atoms with Gasteiger partial charge in [-0.05, 0) is 127 Å². The molecular formula is C22H24Cl4SiTi2. The summed E-state index contributed by atoms with van der Waals surface area (Å²) < 4.78 is 0. The van der Waals surface area contributed by atoms with Gasteiger partial charge in [-0.25, -0.2) is 0 Å². The minimum absolute atomic E-state index is 0.556. The van der Waals surface area contributed by atoms with Gasteiger partial charge in [-0.1, -0.05) is 13.1 Å². The summed E-state index contributed by atoms with van der Waals surface area (Å²) in [6.07, 6.45) is 37.5. The first-order valence-electron chi connectivity index (χ1n) is 8.74. The van der Waals surface area contributed by atoms with Gasteiger partial charge in [0.1, 0.15) is 0 Å². The standard InChI is InChI=1S/C12H14Si.2C5H5.4ClH.2Ti/c1-13(2,11-7-3-4-8-11)12-9-5-6-10-12;2*1-2-4-5-3-1;;;;;;/h3-10H,1-2H3;2*1-5H;4*1H;;/q;;;;;;;2*+2/p-4. The van der Waals surface area contributed by atoms with Crippen molar-refractivity contribution in [1.29, 1.82) is 0 Å². The molecule has 29 heavy (non-hydrogen) atoms. The van der Waals surface area contributed by atoms with Gasteiger partial charge in [-0.3, -0.25) is 0 Å². The fourth-order valence-corrected chi connectivity index (χ4v) is 4.77. The molecule has 0 aromatic carbocycles. The maximum atomic E-state index is 4.89. The summed E-state index contributed by atoms with van der Waals surface area (Å²) in [5.74, 6) is 0. The first-order chi connectivity index (χ1) is 14.0. The fourth-order valence-electron chi connectivity index (χ4n) is 2.39. The van der Waals surface area contributed by atoms with Gasteiger partial charge < -0.3 is 0 Å². The average Bonchev–Trinajstić information content (AvgIpc) is 3.55. The Labute approximate surface area is 217 Å². The zero-order valence-corrected chi connectivity index (χ0v) is 23.6. The van der Waals surface area contributed by atoms with E-state index in [1.807, 2.05) is 64.2 Å². The summed E-state index contributed by atoms with van der Waals surface area (Å²) in [7, 11) is 18.2. The van der Waals surface area contributed by atoms with Gasteiger partial charge in [-0.15, -0.1) is 0 Å². The third-order valence-electron chi connectivity index (χ3n) is 3.88. The molecule has 0 aromatic rings. The van der Waals surface area contributed by atoms with Crippen molar-refractivity contribution in [2.75, 3.05) is 0 Å². The van der Waals surface area contributed by atoms with Gasteiger partial charge in [-0.2, -0.15) is 0 Å². The number of halogens is 4. The molecule has 4 saturated carbocycles. The van der Waals surface area contributed by atoms with Gasteiger partial charge >= 0.3 is 71.3 Å². The predicted octanol–water partition coefficient (Wildman–Crippen LogP) is 7.38. The third kappa shape index (κ3) is 17.0. The first-order valence-corrected chi connectivity index (χ1v) is 20.3. The quantitative estimate of drug-likeness (QED) is 0.313. The van der Waals surface area contributed by atoms with Crippen LogP contribution in [0.3, 0.4) is 0 Å². The third-order valence-corrected chi connectivity index (χ3v) is 7.43. The molecule has 4 aliphatic rings. The van der Waals surface area contributed by atoms with E-state index in [-0.39, 0.29) is 0 Å². The molecule has 0 N–H and O–H groups in total. The zero-order chi connectivity index (χ0) is 21.8. The fraction of sp³-hybridized carbons (Fsp3) is 0.0909. The van der Waals surface area contributed by atoms with Crippen LogP contribution in [-0.2, 0) is 34.1 Å². The van der Waals surface area contributed by atoms with Crippen LogP contribution in [0.1, 0.15) is 0 Å². The molecule has 4 aliphatic carbocycles. The van der Waals surface area contributed by atoms with Crippen molar-refractivity contribution in [3.05, 3.63) is 127 Å². The summed E-state index contributed by atoms with van der Waals surface area (Å²) in [4.78, 5) is 0. The number of hydrogen-bond acceptors (Lipinski definition) is 0. The summed E-state index contributed by atoms with van der Waals surface area (Å²) in [5, 5.41) is 0. The second kappa shape index (κ2) is 22.6. The van der Waals surface area contributed by atoms with E-state index >= 15 is 0 Å². The van der Waals surface area contributed by atoms with Gasteiger partial charge in [0.25, 0.3) is 0 Å². The van der Waals surface area contributed by atoms with Crippen molar-refractivity contribution in [3.63, 3.8) is 0 Å². The SMILES string of the molecule is C[Si](C)([C]1[CH][CH][CH][CH]1)[C]1[CH][CH][CH][CH]1.[CH]1[CH][CH][CH][CH]1.[CH]1[CH][CH][CH][CH]1.[Cl][Ti][Cl].[Cl][Ti][Cl]. The van der Waals surface area contributed by atoms with Crippen LogP contribution in [0.4, 0.5) is 0 Å². The molecule has 0 saturated heterocycles. The van der Waals surface area contributed by atoms with Crippen LogP contribution in [-0.4, -0.2) is 8.07 Å². The second-order valence-electron chi connectivity index (χ2n) is 6.04. The van der Waals surface area contributed by atoms with Gasteiger partial charge in [0.15, 0.2) is 0 Å². The Morgan fingerprint density at radius 2 is 0.621 bits per heavy atom. The summed E-state index contributed by atoms with van der Waals surface area (Å²) in [5.41, 5.74) is 3.05. The van der Waals surface area contributed by atoms with Crippen LogP contribution in [0.25, 0.3) is 0 Å². The monoisotopic (exact) mass is 552 g/mol.